The van der Waals surface area contributed by atoms with Crippen LogP contribution in [0.5, 0.6) is 0 Å². The van der Waals surface area contributed by atoms with E-state index in [0.29, 0.717) is 41.5 Å². The van der Waals surface area contributed by atoms with Gasteiger partial charge in [-0.3, -0.25) is 4.79 Å². The van der Waals surface area contributed by atoms with Crippen molar-refractivity contribution in [2.24, 2.45) is 11.8 Å². The molecule has 1 N–H and O–H groups in total. The van der Waals surface area contributed by atoms with E-state index in [0.717, 1.165) is 38.5 Å². The van der Waals surface area contributed by atoms with Crippen LogP contribution in [0.25, 0.3) is 11.0 Å². The van der Waals surface area contributed by atoms with Crippen molar-refractivity contribution in [2.75, 3.05) is 13.1 Å². The van der Waals surface area contributed by atoms with Gasteiger partial charge in [0.15, 0.2) is 5.76 Å². The highest BCUT2D eigenvalue weighted by Gasteiger charge is 2.31. The number of rotatable bonds is 4. The van der Waals surface area contributed by atoms with Crippen LogP contribution in [-0.2, 0) is 10.0 Å². The Labute approximate surface area is 185 Å². The number of sulfonamides is 1. The third-order valence-electron chi connectivity index (χ3n) is 7.34. The van der Waals surface area contributed by atoms with Gasteiger partial charge in [-0.05, 0) is 56.2 Å². The first kappa shape index (κ1) is 22.3. The average Bonchev–Trinajstić information content (AvgIpc) is 2.92. The van der Waals surface area contributed by atoms with Crippen molar-refractivity contribution in [1.82, 2.24) is 9.62 Å². The summed E-state index contributed by atoms with van der Waals surface area (Å²) in [6, 6.07) is 5.08. The topological polar surface area (TPSA) is 79.6 Å². The second kappa shape index (κ2) is 8.94. The number of aryl methyl sites for hydroxylation is 1. The molecule has 1 amide bonds. The number of furan rings is 1. The van der Waals surface area contributed by atoms with Gasteiger partial charge in [0.05, 0.1) is 4.90 Å². The standard InChI is InChI=1S/C24H34N2O4S/c1-16-9-8-10-21(17(16)2)25-24(27)23-18(3)20-15-19(11-12-22(20)30-23)31(28,29)26-13-6-4-5-7-14-26/h11-12,15-17,21H,4-10,13-14H2,1-3H3,(H,25,27)/t16-,17+,21+/m0/s1. The van der Waals surface area contributed by atoms with E-state index in [2.05, 4.69) is 19.2 Å². The maximum atomic E-state index is 13.2. The molecule has 31 heavy (non-hydrogen) atoms. The highest BCUT2D eigenvalue weighted by Crippen LogP contribution is 2.32. The molecule has 170 valence electrons. The third kappa shape index (κ3) is 4.40. The van der Waals surface area contributed by atoms with E-state index in [4.69, 9.17) is 4.42 Å². The first-order valence-electron chi connectivity index (χ1n) is 11.6. The molecular formula is C24H34N2O4S. The quantitative estimate of drug-likeness (QED) is 0.727. The number of amides is 1. The molecule has 0 radical (unpaired) electrons. The Bertz CT molecular complexity index is 1050. The summed E-state index contributed by atoms with van der Waals surface area (Å²) in [4.78, 5) is 13.3. The van der Waals surface area contributed by atoms with E-state index in [1.165, 1.54) is 6.42 Å². The maximum absolute atomic E-state index is 13.2. The van der Waals surface area contributed by atoms with Crippen molar-refractivity contribution in [3.8, 4) is 0 Å². The molecule has 7 heteroatoms. The fourth-order valence-corrected chi connectivity index (χ4v) is 6.57. The molecule has 1 aromatic carbocycles. The third-order valence-corrected chi connectivity index (χ3v) is 9.23. The smallest absolute Gasteiger partial charge is 0.287 e. The van der Waals surface area contributed by atoms with Gasteiger partial charge in [0.25, 0.3) is 5.91 Å². The lowest BCUT2D eigenvalue weighted by Gasteiger charge is -2.34. The number of carbonyl (C=O) groups excluding carboxylic acids is 1. The van der Waals surface area contributed by atoms with Gasteiger partial charge in [0.1, 0.15) is 5.58 Å². The first-order chi connectivity index (χ1) is 14.8. The molecule has 1 aliphatic heterocycles. The fourth-order valence-electron chi connectivity index (χ4n) is 5.03. The summed E-state index contributed by atoms with van der Waals surface area (Å²) < 4.78 is 33.8. The average molecular weight is 447 g/mol. The van der Waals surface area contributed by atoms with Crippen molar-refractivity contribution in [3.05, 3.63) is 29.5 Å². The molecule has 1 aliphatic carbocycles. The normalized spacial score (nSPS) is 26.0. The van der Waals surface area contributed by atoms with Crippen molar-refractivity contribution < 1.29 is 17.6 Å². The molecule has 3 atom stereocenters. The monoisotopic (exact) mass is 446 g/mol. The van der Waals surface area contributed by atoms with E-state index in [1.807, 2.05) is 6.92 Å². The van der Waals surface area contributed by atoms with Crippen LogP contribution in [0.2, 0.25) is 0 Å². The Kier molecular flexibility index (Phi) is 6.44. The maximum Gasteiger partial charge on any atom is 0.287 e. The number of nitrogens with one attached hydrogen (secondary N) is 1. The number of hydrogen-bond donors (Lipinski definition) is 1. The largest absolute Gasteiger partial charge is 0.451 e. The Morgan fingerprint density at radius 3 is 2.48 bits per heavy atom. The predicted octanol–water partition coefficient (Wildman–Crippen LogP) is 4.86. The Morgan fingerprint density at radius 1 is 1.06 bits per heavy atom. The molecule has 6 nitrogen and oxygen atoms in total. The van der Waals surface area contributed by atoms with Gasteiger partial charge in [0.2, 0.25) is 10.0 Å². The van der Waals surface area contributed by atoms with E-state index in [9.17, 15) is 13.2 Å². The molecule has 1 saturated carbocycles. The zero-order valence-corrected chi connectivity index (χ0v) is 19.6. The van der Waals surface area contributed by atoms with Crippen LogP contribution >= 0.6 is 0 Å². The summed E-state index contributed by atoms with van der Waals surface area (Å²) in [5.41, 5.74) is 1.24. The van der Waals surface area contributed by atoms with Crippen LogP contribution in [0.4, 0.5) is 0 Å². The minimum absolute atomic E-state index is 0.142. The van der Waals surface area contributed by atoms with E-state index >= 15 is 0 Å². The van der Waals surface area contributed by atoms with Gasteiger partial charge in [-0.15, -0.1) is 0 Å². The first-order valence-corrected chi connectivity index (χ1v) is 13.1. The van der Waals surface area contributed by atoms with Crippen LogP contribution in [0.15, 0.2) is 27.5 Å². The van der Waals surface area contributed by atoms with Gasteiger partial charge in [-0.1, -0.05) is 39.5 Å². The number of benzene rings is 1. The Morgan fingerprint density at radius 2 is 1.77 bits per heavy atom. The molecule has 4 rings (SSSR count). The molecule has 0 spiro atoms. The van der Waals surface area contributed by atoms with Gasteiger partial charge in [-0.25, -0.2) is 8.42 Å². The van der Waals surface area contributed by atoms with Crippen molar-refractivity contribution in [3.63, 3.8) is 0 Å². The number of hydrogen-bond acceptors (Lipinski definition) is 4. The lowest BCUT2D eigenvalue weighted by Crippen LogP contribution is -2.43. The van der Waals surface area contributed by atoms with Crippen LogP contribution < -0.4 is 5.32 Å². The minimum atomic E-state index is -3.55. The minimum Gasteiger partial charge on any atom is -0.451 e. The summed E-state index contributed by atoms with van der Waals surface area (Å²) in [5.74, 6) is 1.08. The van der Waals surface area contributed by atoms with E-state index < -0.39 is 10.0 Å². The molecule has 2 fully saturated rings. The van der Waals surface area contributed by atoms with Crippen molar-refractivity contribution >= 4 is 26.9 Å². The van der Waals surface area contributed by atoms with Crippen LogP contribution in [-0.4, -0.2) is 37.8 Å². The highest BCUT2D eigenvalue weighted by molar-refractivity contribution is 7.89. The zero-order chi connectivity index (χ0) is 22.2. The van der Waals surface area contributed by atoms with Crippen LogP contribution in [0.1, 0.15) is 74.9 Å². The lowest BCUT2D eigenvalue weighted by molar-refractivity contribution is 0.0864. The summed E-state index contributed by atoms with van der Waals surface area (Å²) in [6.45, 7) is 7.39. The van der Waals surface area contributed by atoms with Crippen LogP contribution in [0.3, 0.4) is 0 Å². The molecule has 2 aromatic rings. The van der Waals surface area contributed by atoms with E-state index in [-0.39, 0.29) is 22.6 Å². The molecule has 2 aliphatic rings. The molecule has 0 bridgehead atoms. The second-order valence-corrected chi connectivity index (χ2v) is 11.3. The fraction of sp³-hybridized carbons (Fsp3) is 0.625. The van der Waals surface area contributed by atoms with Crippen molar-refractivity contribution in [1.29, 1.82) is 0 Å². The van der Waals surface area contributed by atoms with Gasteiger partial charge >= 0.3 is 0 Å². The molecule has 2 heterocycles. The Balaban J connectivity index is 1.60. The summed E-state index contributed by atoms with van der Waals surface area (Å²) >= 11 is 0. The molecular weight excluding hydrogens is 412 g/mol. The summed E-state index contributed by atoms with van der Waals surface area (Å²) in [5, 5.41) is 3.85. The number of carbonyl (C=O) groups is 1. The molecule has 0 unspecified atom stereocenters. The highest BCUT2D eigenvalue weighted by atomic mass is 32.2. The summed E-state index contributed by atoms with van der Waals surface area (Å²) in [7, 11) is -3.55. The van der Waals surface area contributed by atoms with Crippen molar-refractivity contribution in [2.45, 2.75) is 76.7 Å². The number of fused-ring (bicyclic) bond motifs is 1. The van der Waals surface area contributed by atoms with Gasteiger partial charge in [0, 0.05) is 30.1 Å². The van der Waals surface area contributed by atoms with Gasteiger partial charge < -0.3 is 9.73 Å². The van der Waals surface area contributed by atoms with Gasteiger partial charge in [-0.2, -0.15) is 4.31 Å². The molecule has 1 saturated heterocycles. The zero-order valence-electron chi connectivity index (χ0n) is 18.8. The summed E-state index contributed by atoms with van der Waals surface area (Å²) in [6.07, 6.45) is 7.24. The Hall–Kier alpha value is -1.86. The van der Waals surface area contributed by atoms with E-state index in [1.54, 1.807) is 22.5 Å². The lowest BCUT2D eigenvalue weighted by atomic mass is 9.78. The SMILES string of the molecule is Cc1c(C(=O)N[C@@H]2CCC[C@H](C)[C@H]2C)oc2ccc(S(=O)(=O)N3CCCCCC3)cc12. The second-order valence-electron chi connectivity index (χ2n) is 9.38. The van der Waals surface area contributed by atoms with Crippen LogP contribution in [0, 0.1) is 18.8 Å². The predicted molar refractivity (Wildman–Crippen MR) is 122 cm³/mol. The number of nitrogens with zero attached hydrogens (tertiary/aromatic N) is 1. The molecule has 1 aromatic heterocycles.